The predicted molar refractivity (Wildman–Crippen MR) is 70.0 cm³/mol. The monoisotopic (exact) mass is 262 g/mol. The zero-order valence-electron chi connectivity index (χ0n) is 10.7. The van der Waals surface area contributed by atoms with Crippen LogP contribution in [0.4, 0.5) is 0 Å². The van der Waals surface area contributed by atoms with Crippen molar-refractivity contribution >= 4 is 23.6 Å². The second-order valence-corrected chi connectivity index (χ2v) is 5.25. The van der Waals surface area contributed by atoms with E-state index < -0.39 is 17.4 Å². The molecule has 0 aliphatic rings. The highest BCUT2D eigenvalue weighted by Crippen LogP contribution is 2.19. The summed E-state index contributed by atoms with van der Waals surface area (Å²) in [5, 5.41) is 11.6. The van der Waals surface area contributed by atoms with Crippen LogP contribution < -0.4 is 11.1 Å². The Hall–Kier alpha value is -0.750. The van der Waals surface area contributed by atoms with E-state index in [1.165, 1.54) is 0 Å². The second-order valence-electron chi connectivity index (χ2n) is 4.26. The SMILES string of the molecule is CCC(C)(CN)C(=O)N[C@@H](CCSC)C(=O)O. The zero-order valence-corrected chi connectivity index (χ0v) is 11.5. The van der Waals surface area contributed by atoms with Crippen LogP contribution in [-0.4, -0.2) is 41.6 Å². The molecule has 0 heterocycles. The van der Waals surface area contributed by atoms with Crippen molar-refractivity contribution in [2.75, 3.05) is 18.6 Å². The number of amides is 1. The normalized spacial score (nSPS) is 16.0. The van der Waals surface area contributed by atoms with Crippen molar-refractivity contribution in [1.29, 1.82) is 0 Å². The number of aliphatic carboxylic acids is 1. The number of carboxylic acid groups (broad SMARTS) is 1. The minimum atomic E-state index is -0.997. The summed E-state index contributed by atoms with van der Waals surface area (Å²) in [6, 6.07) is -0.827. The van der Waals surface area contributed by atoms with Gasteiger partial charge in [0.25, 0.3) is 0 Å². The Morgan fingerprint density at radius 1 is 1.53 bits per heavy atom. The van der Waals surface area contributed by atoms with Gasteiger partial charge in [0.2, 0.25) is 5.91 Å². The summed E-state index contributed by atoms with van der Waals surface area (Å²) < 4.78 is 0. The Bertz CT molecular complexity index is 267. The van der Waals surface area contributed by atoms with Gasteiger partial charge in [0.05, 0.1) is 5.41 Å². The smallest absolute Gasteiger partial charge is 0.326 e. The van der Waals surface area contributed by atoms with E-state index in [0.717, 1.165) is 0 Å². The summed E-state index contributed by atoms with van der Waals surface area (Å²) in [6.45, 7) is 3.82. The average molecular weight is 262 g/mol. The fraction of sp³-hybridized carbons (Fsp3) is 0.818. The molecule has 0 spiro atoms. The van der Waals surface area contributed by atoms with Gasteiger partial charge in [0, 0.05) is 6.54 Å². The Labute approximate surface area is 107 Å². The molecule has 0 aliphatic carbocycles. The molecule has 1 amide bonds. The van der Waals surface area contributed by atoms with Crippen molar-refractivity contribution < 1.29 is 14.7 Å². The maximum atomic E-state index is 11.9. The lowest BCUT2D eigenvalue weighted by molar-refractivity contribution is -0.143. The van der Waals surface area contributed by atoms with Crippen LogP contribution in [0.15, 0.2) is 0 Å². The maximum Gasteiger partial charge on any atom is 0.326 e. The summed E-state index contributed by atoms with van der Waals surface area (Å²) in [6.07, 6.45) is 2.91. The summed E-state index contributed by atoms with van der Waals surface area (Å²) in [5.41, 5.74) is 4.87. The molecule has 1 unspecified atom stereocenters. The molecule has 17 heavy (non-hydrogen) atoms. The van der Waals surface area contributed by atoms with Gasteiger partial charge >= 0.3 is 5.97 Å². The van der Waals surface area contributed by atoms with Gasteiger partial charge in [-0.15, -0.1) is 0 Å². The lowest BCUT2D eigenvalue weighted by atomic mass is 9.86. The van der Waals surface area contributed by atoms with Crippen molar-refractivity contribution in [3.05, 3.63) is 0 Å². The number of carbonyl (C=O) groups is 2. The number of carbonyl (C=O) groups excluding carboxylic acids is 1. The van der Waals surface area contributed by atoms with Crippen LogP contribution in [0.25, 0.3) is 0 Å². The predicted octanol–water partition coefficient (Wildman–Crippen LogP) is 0.684. The Kier molecular flexibility index (Phi) is 7.22. The molecule has 6 heteroatoms. The molecular weight excluding hydrogens is 240 g/mol. The first-order chi connectivity index (χ1) is 7.91. The summed E-state index contributed by atoms with van der Waals surface area (Å²) in [5.74, 6) is -0.582. The second kappa shape index (κ2) is 7.55. The van der Waals surface area contributed by atoms with E-state index in [4.69, 9.17) is 10.8 Å². The molecule has 0 rings (SSSR count). The van der Waals surface area contributed by atoms with Gasteiger partial charge in [0.1, 0.15) is 6.04 Å². The largest absolute Gasteiger partial charge is 0.480 e. The number of rotatable bonds is 8. The van der Waals surface area contributed by atoms with E-state index >= 15 is 0 Å². The topological polar surface area (TPSA) is 92.4 Å². The summed E-state index contributed by atoms with van der Waals surface area (Å²) >= 11 is 1.55. The lowest BCUT2D eigenvalue weighted by Crippen LogP contribution is -2.50. The molecule has 0 aromatic heterocycles. The van der Waals surface area contributed by atoms with Gasteiger partial charge in [-0.1, -0.05) is 6.92 Å². The van der Waals surface area contributed by atoms with E-state index in [-0.39, 0.29) is 12.5 Å². The number of thioether (sulfide) groups is 1. The third-order valence-corrected chi connectivity index (χ3v) is 3.64. The van der Waals surface area contributed by atoms with Crippen molar-refractivity contribution in [1.82, 2.24) is 5.32 Å². The van der Waals surface area contributed by atoms with Crippen LogP contribution in [0.2, 0.25) is 0 Å². The molecule has 0 fully saturated rings. The Morgan fingerprint density at radius 2 is 2.12 bits per heavy atom. The number of hydrogen-bond donors (Lipinski definition) is 3. The third kappa shape index (κ3) is 4.95. The standard InChI is InChI=1S/C11H22N2O3S/c1-4-11(2,7-12)10(16)13-8(9(14)15)5-6-17-3/h8H,4-7,12H2,1-3H3,(H,13,16)(H,14,15)/t8-,11?/m0/s1. The molecule has 5 nitrogen and oxygen atoms in total. The first kappa shape index (κ1) is 16.2. The van der Waals surface area contributed by atoms with Gasteiger partial charge in [0.15, 0.2) is 0 Å². The number of nitrogens with one attached hydrogen (secondary N) is 1. The van der Waals surface area contributed by atoms with Crippen molar-refractivity contribution in [3.63, 3.8) is 0 Å². The van der Waals surface area contributed by atoms with Crippen LogP contribution in [0.3, 0.4) is 0 Å². The summed E-state index contributed by atoms with van der Waals surface area (Å²) in [7, 11) is 0. The fourth-order valence-electron chi connectivity index (χ4n) is 1.22. The summed E-state index contributed by atoms with van der Waals surface area (Å²) in [4.78, 5) is 22.9. The molecular formula is C11H22N2O3S. The molecule has 100 valence electrons. The first-order valence-electron chi connectivity index (χ1n) is 5.64. The van der Waals surface area contributed by atoms with Crippen LogP contribution in [0.1, 0.15) is 26.7 Å². The molecule has 0 bridgehead atoms. The van der Waals surface area contributed by atoms with Gasteiger partial charge in [-0.2, -0.15) is 11.8 Å². The number of hydrogen-bond acceptors (Lipinski definition) is 4. The van der Waals surface area contributed by atoms with Crippen molar-refractivity contribution in [2.24, 2.45) is 11.1 Å². The van der Waals surface area contributed by atoms with Gasteiger partial charge in [-0.25, -0.2) is 4.79 Å². The van der Waals surface area contributed by atoms with Crippen molar-refractivity contribution in [3.8, 4) is 0 Å². The van der Waals surface area contributed by atoms with Crippen LogP contribution in [0.5, 0.6) is 0 Å². The van der Waals surface area contributed by atoms with E-state index in [1.807, 2.05) is 13.2 Å². The molecule has 0 radical (unpaired) electrons. The number of nitrogens with two attached hydrogens (primary N) is 1. The van der Waals surface area contributed by atoms with Crippen molar-refractivity contribution in [2.45, 2.75) is 32.7 Å². The third-order valence-electron chi connectivity index (χ3n) is 2.99. The number of carboxylic acids is 1. The zero-order chi connectivity index (χ0) is 13.5. The van der Waals surface area contributed by atoms with Gasteiger partial charge in [-0.05, 0) is 31.8 Å². The lowest BCUT2D eigenvalue weighted by Gasteiger charge is -2.27. The van der Waals surface area contributed by atoms with E-state index in [1.54, 1.807) is 18.7 Å². The quantitative estimate of drug-likeness (QED) is 0.598. The van der Waals surface area contributed by atoms with E-state index in [2.05, 4.69) is 5.32 Å². The molecule has 0 saturated heterocycles. The van der Waals surface area contributed by atoms with Gasteiger partial charge in [-0.3, -0.25) is 4.79 Å². The Morgan fingerprint density at radius 3 is 2.47 bits per heavy atom. The Balaban J connectivity index is 4.54. The molecule has 0 aromatic rings. The minimum Gasteiger partial charge on any atom is -0.480 e. The molecule has 0 saturated carbocycles. The van der Waals surface area contributed by atoms with E-state index in [9.17, 15) is 9.59 Å². The highest BCUT2D eigenvalue weighted by Gasteiger charge is 2.32. The van der Waals surface area contributed by atoms with Crippen LogP contribution in [-0.2, 0) is 9.59 Å². The molecule has 2 atom stereocenters. The molecule has 0 aliphatic heterocycles. The maximum absolute atomic E-state index is 11.9. The minimum absolute atomic E-state index is 0.213. The highest BCUT2D eigenvalue weighted by molar-refractivity contribution is 7.98. The van der Waals surface area contributed by atoms with Gasteiger partial charge < -0.3 is 16.2 Å². The molecule has 0 aromatic carbocycles. The van der Waals surface area contributed by atoms with Crippen LogP contribution in [0, 0.1) is 5.41 Å². The average Bonchev–Trinajstić information content (AvgIpc) is 2.32. The fourth-order valence-corrected chi connectivity index (χ4v) is 1.69. The first-order valence-corrected chi connectivity index (χ1v) is 7.03. The molecule has 4 N–H and O–H groups in total. The highest BCUT2D eigenvalue weighted by atomic mass is 32.2. The van der Waals surface area contributed by atoms with Crippen LogP contribution >= 0.6 is 11.8 Å². The van der Waals surface area contributed by atoms with E-state index in [0.29, 0.717) is 18.6 Å².